The Balaban J connectivity index is 1.68. The highest BCUT2D eigenvalue weighted by Crippen LogP contribution is 2.29. The number of aliphatic hydroxyl groups is 1. The molecule has 3 aromatic rings. The Morgan fingerprint density at radius 1 is 0.923 bits per heavy atom. The summed E-state index contributed by atoms with van der Waals surface area (Å²) in [4.78, 5) is 41.6. The van der Waals surface area contributed by atoms with E-state index in [-0.39, 0.29) is 31.6 Å². The maximum atomic E-state index is 13.3. The van der Waals surface area contributed by atoms with E-state index in [9.17, 15) is 19.5 Å². The highest BCUT2D eigenvalue weighted by Gasteiger charge is 2.21. The third-order valence-electron chi connectivity index (χ3n) is 6.02. The second-order valence-electron chi connectivity index (χ2n) is 9.44. The molecule has 3 N–H and O–H groups in total. The average molecular weight is 533 g/mol. The predicted molar refractivity (Wildman–Crippen MR) is 153 cm³/mol. The zero-order valence-electron chi connectivity index (χ0n) is 22.6. The minimum Gasteiger partial charge on any atom is -0.482 e. The van der Waals surface area contributed by atoms with Crippen LogP contribution in [0.2, 0.25) is 0 Å². The molecular formula is C30H36N4O5. The van der Waals surface area contributed by atoms with Gasteiger partial charge in [0.05, 0.1) is 18.8 Å². The molecule has 0 aliphatic carbocycles. The van der Waals surface area contributed by atoms with E-state index < -0.39 is 6.03 Å². The fraction of sp³-hybridized carbons (Fsp3) is 0.300. The van der Waals surface area contributed by atoms with Gasteiger partial charge in [0.2, 0.25) is 5.91 Å². The van der Waals surface area contributed by atoms with Crippen molar-refractivity contribution in [2.24, 2.45) is 5.92 Å². The maximum Gasteiger partial charge on any atom is 0.319 e. The van der Waals surface area contributed by atoms with Crippen LogP contribution in [0.25, 0.3) is 0 Å². The zero-order valence-corrected chi connectivity index (χ0v) is 22.6. The van der Waals surface area contributed by atoms with Gasteiger partial charge in [-0.25, -0.2) is 4.79 Å². The smallest absolute Gasteiger partial charge is 0.319 e. The molecule has 3 aromatic carbocycles. The Kier molecular flexibility index (Phi) is 10.9. The van der Waals surface area contributed by atoms with Crippen molar-refractivity contribution in [1.82, 2.24) is 5.32 Å². The van der Waals surface area contributed by atoms with Gasteiger partial charge < -0.3 is 30.3 Å². The molecule has 0 saturated heterocycles. The van der Waals surface area contributed by atoms with Gasteiger partial charge in [-0.2, -0.15) is 0 Å². The summed E-state index contributed by atoms with van der Waals surface area (Å²) < 4.78 is 5.90. The summed E-state index contributed by atoms with van der Waals surface area (Å²) in [6.45, 7) is 3.95. The number of anilines is 3. The molecule has 0 heterocycles. The number of rotatable bonds is 12. The number of nitrogens with zero attached hydrogens (tertiary/aromatic N) is 2. The van der Waals surface area contributed by atoms with Crippen LogP contribution >= 0.6 is 0 Å². The van der Waals surface area contributed by atoms with Crippen molar-refractivity contribution < 1.29 is 24.2 Å². The summed E-state index contributed by atoms with van der Waals surface area (Å²) in [5.74, 6) is 0.178. The number of nitrogens with one attached hydrogen (secondary N) is 2. The van der Waals surface area contributed by atoms with Crippen molar-refractivity contribution in [1.29, 1.82) is 0 Å². The van der Waals surface area contributed by atoms with Crippen LogP contribution < -0.4 is 25.2 Å². The number of hydrogen-bond acceptors (Lipinski definition) is 5. The molecule has 3 rings (SSSR count). The predicted octanol–water partition coefficient (Wildman–Crippen LogP) is 4.42. The molecule has 0 spiro atoms. The van der Waals surface area contributed by atoms with Crippen LogP contribution in [0.1, 0.15) is 25.8 Å². The van der Waals surface area contributed by atoms with E-state index in [1.165, 1.54) is 4.90 Å². The first kappa shape index (κ1) is 29.2. The number of aliphatic hydroxyl groups excluding tert-OH is 1. The zero-order chi connectivity index (χ0) is 28.2. The molecule has 4 amide bonds. The molecule has 0 unspecified atom stereocenters. The van der Waals surface area contributed by atoms with Crippen molar-refractivity contribution in [3.05, 3.63) is 84.4 Å². The molecule has 0 bridgehead atoms. The molecule has 0 aliphatic heterocycles. The summed E-state index contributed by atoms with van der Waals surface area (Å²) >= 11 is 0. The van der Waals surface area contributed by atoms with Crippen molar-refractivity contribution in [3.63, 3.8) is 0 Å². The topological polar surface area (TPSA) is 111 Å². The van der Waals surface area contributed by atoms with Crippen molar-refractivity contribution in [2.75, 3.05) is 41.9 Å². The lowest BCUT2D eigenvalue weighted by atomic mass is 10.1. The summed E-state index contributed by atoms with van der Waals surface area (Å²) in [5.41, 5.74) is 2.44. The summed E-state index contributed by atoms with van der Waals surface area (Å²) in [6.07, 6.45) is 0.732. The second kappa shape index (κ2) is 14.5. The van der Waals surface area contributed by atoms with Gasteiger partial charge in [0.15, 0.2) is 6.61 Å². The van der Waals surface area contributed by atoms with Gasteiger partial charge in [-0.05, 0) is 54.3 Å². The molecule has 0 atom stereocenters. The Morgan fingerprint density at radius 2 is 1.64 bits per heavy atom. The number of likely N-dealkylation sites (N-methyl/N-ethyl adjacent to an activating group) is 1. The van der Waals surface area contributed by atoms with Crippen LogP contribution in [0.15, 0.2) is 78.9 Å². The standard InChI is InChI=1S/C30H36N4O5/c1-22(2)16-17-34(28(36)19-31-30(38)32-24-11-9-10-23(18-24)20-35)26-14-7-8-15-27(26)39-21-29(37)33(3)25-12-5-4-6-13-25/h4-15,18,22,35H,16-17,19-21H2,1-3H3,(H2,31,32,38). The number of carbonyl (C=O) groups excluding carboxylic acids is 3. The van der Waals surface area contributed by atoms with E-state index >= 15 is 0 Å². The normalized spacial score (nSPS) is 10.6. The Morgan fingerprint density at radius 3 is 2.36 bits per heavy atom. The van der Waals surface area contributed by atoms with Gasteiger partial charge in [0, 0.05) is 25.0 Å². The van der Waals surface area contributed by atoms with E-state index in [1.54, 1.807) is 60.5 Å². The SMILES string of the molecule is CC(C)CCN(C(=O)CNC(=O)Nc1cccc(CO)c1)c1ccccc1OCC(=O)N(C)c1ccccc1. The number of benzene rings is 3. The monoisotopic (exact) mass is 532 g/mol. The minimum atomic E-state index is -0.540. The van der Waals surface area contributed by atoms with E-state index in [4.69, 9.17) is 4.74 Å². The van der Waals surface area contributed by atoms with E-state index in [0.29, 0.717) is 35.2 Å². The van der Waals surface area contributed by atoms with Crippen molar-refractivity contribution in [3.8, 4) is 5.75 Å². The lowest BCUT2D eigenvalue weighted by molar-refractivity contribution is -0.120. The van der Waals surface area contributed by atoms with Crippen LogP contribution in [-0.2, 0) is 16.2 Å². The molecule has 0 saturated carbocycles. The summed E-state index contributed by atoms with van der Waals surface area (Å²) in [6, 6.07) is 22.6. The van der Waals surface area contributed by atoms with Crippen LogP contribution in [0, 0.1) is 5.92 Å². The average Bonchev–Trinajstić information content (AvgIpc) is 2.95. The van der Waals surface area contributed by atoms with Crippen LogP contribution in [0.5, 0.6) is 5.75 Å². The highest BCUT2D eigenvalue weighted by atomic mass is 16.5. The number of hydrogen-bond donors (Lipinski definition) is 3. The van der Waals surface area contributed by atoms with Crippen LogP contribution in [0.3, 0.4) is 0 Å². The molecule has 0 radical (unpaired) electrons. The number of carbonyl (C=O) groups is 3. The minimum absolute atomic E-state index is 0.143. The van der Waals surface area contributed by atoms with Gasteiger partial charge in [0.1, 0.15) is 5.75 Å². The quantitative estimate of drug-likeness (QED) is 0.320. The second-order valence-corrected chi connectivity index (χ2v) is 9.44. The number of amides is 4. The van der Waals surface area contributed by atoms with Crippen molar-refractivity contribution >= 4 is 34.9 Å². The molecule has 0 fully saturated rings. The lowest BCUT2D eigenvalue weighted by Crippen LogP contribution is -2.42. The largest absolute Gasteiger partial charge is 0.482 e. The third kappa shape index (κ3) is 8.86. The first-order valence-electron chi connectivity index (χ1n) is 12.9. The molecule has 0 aromatic heterocycles. The lowest BCUT2D eigenvalue weighted by Gasteiger charge is -2.26. The van der Waals surface area contributed by atoms with E-state index in [2.05, 4.69) is 24.5 Å². The number of ether oxygens (including phenoxy) is 1. The van der Waals surface area contributed by atoms with Gasteiger partial charge in [-0.3, -0.25) is 9.59 Å². The van der Waals surface area contributed by atoms with Crippen LogP contribution in [-0.4, -0.2) is 49.7 Å². The first-order chi connectivity index (χ1) is 18.8. The highest BCUT2D eigenvalue weighted by molar-refractivity contribution is 5.99. The molecule has 0 aliphatic rings. The van der Waals surface area contributed by atoms with Crippen molar-refractivity contribution in [2.45, 2.75) is 26.9 Å². The summed E-state index contributed by atoms with van der Waals surface area (Å²) in [7, 11) is 1.68. The Labute approximate surface area is 229 Å². The van der Waals surface area contributed by atoms with E-state index in [1.807, 2.05) is 30.3 Å². The Hall–Kier alpha value is -4.37. The summed E-state index contributed by atoms with van der Waals surface area (Å²) in [5, 5.41) is 14.6. The van der Waals surface area contributed by atoms with Gasteiger partial charge in [0.25, 0.3) is 5.91 Å². The molecular weight excluding hydrogens is 496 g/mol. The third-order valence-corrected chi connectivity index (χ3v) is 6.02. The maximum absolute atomic E-state index is 13.3. The van der Waals surface area contributed by atoms with Gasteiger partial charge in [-0.1, -0.05) is 56.3 Å². The van der Waals surface area contributed by atoms with E-state index in [0.717, 1.165) is 12.1 Å². The Bertz CT molecular complexity index is 1250. The fourth-order valence-electron chi connectivity index (χ4n) is 3.77. The fourth-order valence-corrected chi connectivity index (χ4v) is 3.77. The van der Waals surface area contributed by atoms with Gasteiger partial charge >= 0.3 is 6.03 Å². The molecule has 206 valence electrons. The van der Waals surface area contributed by atoms with Gasteiger partial charge in [-0.15, -0.1) is 0 Å². The molecule has 39 heavy (non-hydrogen) atoms. The molecule has 9 nitrogen and oxygen atoms in total. The molecule has 9 heteroatoms. The first-order valence-corrected chi connectivity index (χ1v) is 12.9. The number of urea groups is 1. The number of para-hydroxylation sites is 3. The van der Waals surface area contributed by atoms with Crippen LogP contribution in [0.4, 0.5) is 21.9 Å².